The van der Waals surface area contributed by atoms with Crippen LogP contribution in [0.2, 0.25) is 0 Å². The van der Waals surface area contributed by atoms with E-state index >= 15 is 0 Å². The number of aryl methyl sites for hydroxylation is 1. The number of hydrogen-bond acceptors (Lipinski definition) is 5. The molecule has 3 heterocycles. The summed E-state index contributed by atoms with van der Waals surface area (Å²) in [6.07, 6.45) is 9.57. The molecule has 1 aromatic rings. The summed E-state index contributed by atoms with van der Waals surface area (Å²) in [6.45, 7) is 8.86. The number of nitrogens with one attached hydrogen (secondary N) is 1. The lowest BCUT2D eigenvalue weighted by Crippen LogP contribution is -2.54. The largest absolute Gasteiger partial charge is 0.356 e. The summed E-state index contributed by atoms with van der Waals surface area (Å²) in [5.41, 5.74) is 1.24. The zero-order valence-corrected chi connectivity index (χ0v) is 19.8. The number of guanidine groups is 1. The molecule has 1 aliphatic carbocycles. The Morgan fingerprint density at radius 2 is 2.03 bits per heavy atom. The van der Waals surface area contributed by atoms with Crippen molar-refractivity contribution < 1.29 is 0 Å². The van der Waals surface area contributed by atoms with Crippen molar-refractivity contribution in [2.45, 2.75) is 63.2 Å². The fraction of sp³-hybridized carbons (Fsp3) is 0.818. The minimum absolute atomic E-state index is 0.494. The topological polar surface area (TPSA) is 43.8 Å². The van der Waals surface area contributed by atoms with Gasteiger partial charge in [0.15, 0.2) is 5.96 Å². The minimum atomic E-state index is 0.494. The van der Waals surface area contributed by atoms with E-state index in [1.165, 1.54) is 81.0 Å². The molecule has 0 unspecified atom stereocenters. The Morgan fingerprint density at radius 1 is 1.24 bits per heavy atom. The summed E-state index contributed by atoms with van der Waals surface area (Å²) in [5, 5.41) is 7.12. The highest BCUT2D eigenvalue weighted by Gasteiger charge is 2.38. The molecule has 7 heteroatoms. The van der Waals surface area contributed by atoms with Gasteiger partial charge in [-0.15, -0.1) is 11.3 Å². The highest BCUT2D eigenvalue weighted by atomic mass is 32.2. The lowest BCUT2D eigenvalue weighted by atomic mass is 9.87. The molecule has 0 amide bonds. The molecule has 1 saturated carbocycles. The molecule has 0 atom stereocenters. The van der Waals surface area contributed by atoms with E-state index < -0.39 is 0 Å². The number of aromatic nitrogens is 1. The molecule has 0 bridgehead atoms. The summed E-state index contributed by atoms with van der Waals surface area (Å²) in [5.74, 6) is 3.13. The minimum Gasteiger partial charge on any atom is -0.356 e. The molecule has 3 fully saturated rings. The van der Waals surface area contributed by atoms with Crippen LogP contribution >= 0.6 is 23.1 Å². The number of nitrogens with zero attached hydrogens (tertiary/aromatic N) is 4. The molecular weight excluding hydrogens is 398 g/mol. The molecule has 1 N–H and O–H groups in total. The summed E-state index contributed by atoms with van der Waals surface area (Å²) in [6, 6.07) is 0. The number of hydrogen-bond donors (Lipinski definition) is 1. The third kappa shape index (κ3) is 5.67. The van der Waals surface area contributed by atoms with E-state index in [0.29, 0.717) is 4.75 Å². The third-order valence-electron chi connectivity index (χ3n) is 6.83. The predicted octanol–water partition coefficient (Wildman–Crippen LogP) is 3.99. The van der Waals surface area contributed by atoms with E-state index in [1.54, 1.807) is 11.3 Å². The van der Waals surface area contributed by atoms with Crippen molar-refractivity contribution in [3.63, 3.8) is 0 Å². The van der Waals surface area contributed by atoms with Gasteiger partial charge < -0.3 is 10.2 Å². The van der Waals surface area contributed by atoms with Crippen LogP contribution in [0, 0.1) is 12.8 Å². The molecule has 29 heavy (non-hydrogen) atoms. The van der Waals surface area contributed by atoms with Gasteiger partial charge in [0.05, 0.1) is 10.7 Å². The van der Waals surface area contributed by atoms with Gasteiger partial charge in [0, 0.05) is 49.1 Å². The number of rotatable bonds is 4. The van der Waals surface area contributed by atoms with Crippen LogP contribution < -0.4 is 5.32 Å². The van der Waals surface area contributed by atoms with Crippen LogP contribution in [0.3, 0.4) is 0 Å². The molecule has 2 saturated heterocycles. The van der Waals surface area contributed by atoms with E-state index in [-0.39, 0.29) is 0 Å². The molecule has 4 rings (SSSR count). The van der Waals surface area contributed by atoms with Crippen molar-refractivity contribution >= 4 is 29.1 Å². The first kappa shape index (κ1) is 21.4. The normalized spacial score (nSPS) is 24.2. The summed E-state index contributed by atoms with van der Waals surface area (Å²) >= 11 is 3.99. The zero-order chi connectivity index (χ0) is 20.1. The Kier molecular flexibility index (Phi) is 7.40. The second-order valence-corrected chi connectivity index (χ2v) is 11.6. The van der Waals surface area contributed by atoms with Crippen LogP contribution in [0.15, 0.2) is 10.4 Å². The van der Waals surface area contributed by atoms with Crippen LogP contribution in [0.25, 0.3) is 0 Å². The molecular formula is C22H37N5S2. The van der Waals surface area contributed by atoms with Gasteiger partial charge in [-0.2, -0.15) is 11.8 Å². The number of likely N-dealkylation sites (tertiary alicyclic amines) is 1. The van der Waals surface area contributed by atoms with Crippen molar-refractivity contribution in [1.82, 2.24) is 20.1 Å². The number of aliphatic imine (C=N–C) groups is 1. The van der Waals surface area contributed by atoms with E-state index in [4.69, 9.17) is 0 Å². The van der Waals surface area contributed by atoms with Gasteiger partial charge >= 0.3 is 0 Å². The Labute approximate surface area is 184 Å². The van der Waals surface area contributed by atoms with Gasteiger partial charge in [0.25, 0.3) is 0 Å². The maximum Gasteiger partial charge on any atom is 0.193 e. The van der Waals surface area contributed by atoms with Crippen LogP contribution in [0.4, 0.5) is 0 Å². The molecule has 2 aliphatic heterocycles. The number of thiazole rings is 1. The quantitative estimate of drug-likeness (QED) is 0.572. The summed E-state index contributed by atoms with van der Waals surface area (Å²) in [4.78, 5) is 14.4. The highest BCUT2D eigenvalue weighted by Crippen LogP contribution is 2.42. The summed E-state index contributed by atoms with van der Waals surface area (Å²) < 4.78 is 0.494. The molecule has 162 valence electrons. The fourth-order valence-electron chi connectivity index (χ4n) is 5.15. The SMILES string of the molecule is CN=C(NCC1CCN(Cc2csc(C)n2)CC1)N1CCSC2(CCCCC2)C1. The van der Waals surface area contributed by atoms with Crippen molar-refractivity contribution in [3.8, 4) is 0 Å². The van der Waals surface area contributed by atoms with E-state index in [2.05, 4.69) is 49.2 Å². The van der Waals surface area contributed by atoms with Crippen molar-refractivity contribution in [2.24, 2.45) is 10.9 Å². The second-order valence-electron chi connectivity index (χ2n) is 9.02. The molecule has 0 aromatic carbocycles. The van der Waals surface area contributed by atoms with Gasteiger partial charge in [-0.3, -0.25) is 9.89 Å². The van der Waals surface area contributed by atoms with E-state index in [0.717, 1.165) is 31.5 Å². The third-order valence-corrected chi connectivity index (χ3v) is 9.19. The fourth-order valence-corrected chi connectivity index (χ4v) is 7.32. The average molecular weight is 436 g/mol. The molecule has 1 aromatic heterocycles. The molecule has 0 radical (unpaired) electrons. The van der Waals surface area contributed by atoms with Crippen LogP contribution in [-0.4, -0.2) is 71.0 Å². The van der Waals surface area contributed by atoms with Gasteiger partial charge in [-0.05, 0) is 51.6 Å². The van der Waals surface area contributed by atoms with Crippen molar-refractivity contribution in [3.05, 3.63) is 16.1 Å². The number of thioether (sulfide) groups is 1. The van der Waals surface area contributed by atoms with Crippen molar-refractivity contribution in [2.75, 3.05) is 45.5 Å². The second kappa shape index (κ2) is 10.0. The molecule has 5 nitrogen and oxygen atoms in total. The molecule has 3 aliphatic rings. The number of piperidine rings is 1. The van der Waals surface area contributed by atoms with Gasteiger partial charge in [-0.1, -0.05) is 19.3 Å². The maximum atomic E-state index is 4.65. The van der Waals surface area contributed by atoms with E-state index in [9.17, 15) is 0 Å². The Balaban J connectivity index is 1.22. The highest BCUT2D eigenvalue weighted by molar-refractivity contribution is 8.00. The zero-order valence-electron chi connectivity index (χ0n) is 18.2. The first-order chi connectivity index (χ1) is 14.2. The van der Waals surface area contributed by atoms with E-state index in [1.807, 2.05) is 7.05 Å². The average Bonchev–Trinajstić information content (AvgIpc) is 3.15. The smallest absolute Gasteiger partial charge is 0.193 e. The first-order valence-corrected chi connectivity index (χ1v) is 13.3. The van der Waals surface area contributed by atoms with Crippen molar-refractivity contribution in [1.29, 1.82) is 0 Å². The van der Waals surface area contributed by atoms with Crippen LogP contribution in [-0.2, 0) is 6.54 Å². The lowest BCUT2D eigenvalue weighted by Gasteiger charge is -2.45. The van der Waals surface area contributed by atoms with Crippen LogP contribution in [0.1, 0.15) is 55.6 Å². The van der Waals surface area contributed by atoms with Crippen LogP contribution in [0.5, 0.6) is 0 Å². The Morgan fingerprint density at radius 3 is 2.72 bits per heavy atom. The first-order valence-electron chi connectivity index (χ1n) is 11.4. The predicted molar refractivity (Wildman–Crippen MR) is 126 cm³/mol. The van der Waals surface area contributed by atoms with Gasteiger partial charge in [0.1, 0.15) is 0 Å². The standard InChI is InChI=1S/C22H37N5S2/c1-18-25-20(16-28-18)15-26-10-6-19(7-11-26)14-24-21(23-2)27-12-13-29-22(17-27)8-4-3-5-9-22/h16,19H,3-15,17H2,1-2H3,(H,23,24). The monoisotopic (exact) mass is 435 g/mol. The van der Waals surface area contributed by atoms with Gasteiger partial charge in [-0.25, -0.2) is 4.98 Å². The van der Waals surface area contributed by atoms with Gasteiger partial charge in [0.2, 0.25) is 0 Å². The Hall–Kier alpha value is -0.790. The lowest BCUT2D eigenvalue weighted by molar-refractivity contribution is 0.176. The molecule has 1 spiro atoms. The Bertz CT molecular complexity index is 669. The maximum absolute atomic E-state index is 4.65. The summed E-state index contributed by atoms with van der Waals surface area (Å²) in [7, 11) is 1.95.